The Morgan fingerprint density at radius 2 is 1.97 bits per heavy atom. The molecule has 0 N–H and O–H groups in total. The minimum Gasteiger partial charge on any atom is -0.299 e. The molecule has 0 saturated carbocycles. The van der Waals surface area contributed by atoms with E-state index in [9.17, 15) is 18.1 Å². The van der Waals surface area contributed by atoms with E-state index in [4.69, 9.17) is 5.10 Å². The molecule has 184 valence electrons. The second-order valence-corrected chi connectivity index (χ2v) is 10.9. The highest BCUT2D eigenvalue weighted by molar-refractivity contribution is 7.89. The van der Waals surface area contributed by atoms with Gasteiger partial charge in [0.25, 0.3) is 0 Å². The van der Waals surface area contributed by atoms with Crippen molar-refractivity contribution in [2.24, 2.45) is 0 Å². The lowest BCUT2D eigenvalue weighted by atomic mass is 10.0. The van der Waals surface area contributed by atoms with Crippen LogP contribution in [0.5, 0.6) is 0 Å². The average Bonchev–Trinajstić information content (AvgIpc) is 3.20. The predicted octanol–water partition coefficient (Wildman–Crippen LogP) is 4.25. The molecule has 0 bridgehead atoms. The number of fused-ring (bicyclic) bond motifs is 1. The third kappa shape index (κ3) is 5.01. The highest BCUT2D eigenvalue weighted by Crippen LogP contribution is 2.30. The second kappa shape index (κ2) is 10.3. The number of sulfonamides is 1. The summed E-state index contributed by atoms with van der Waals surface area (Å²) < 4.78 is 44.6. The van der Waals surface area contributed by atoms with Crippen LogP contribution in [0.15, 0.2) is 53.4 Å². The van der Waals surface area contributed by atoms with Crippen LogP contribution in [0, 0.1) is 17.1 Å². The van der Waals surface area contributed by atoms with Crippen molar-refractivity contribution in [2.75, 3.05) is 13.1 Å². The summed E-state index contributed by atoms with van der Waals surface area (Å²) in [6, 6.07) is 14.2. The fourth-order valence-corrected chi connectivity index (χ4v) is 6.34. The summed E-state index contributed by atoms with van der Waals surface area (Å²) in [7, 11) is -3.97. The monoisotopic (exact) mass is 495 g/mol. The van der Waals surface area contributed by atoms with Crippen LogP contribution in [0.4, 0.5) is 4.39 Å². The maximum absolute atomic E-state index is 14.0. The van der Waals surface area contributed by atoms with Gasteiger partial charge < -0.3 is 0 Å². The number of hydrogen-bond acceptors (Lipinski definition) is 5. The lowest BCUT2D eigenvalue weighted by Gasteiger charge is -2.29. The maximum atomic E-state index is 14.0. The Kier molecular flexibility index (Phi) is 7.36. The summed E-state index contributed by atoms with van der Waals surface area (Å²) in [6.45, 7) is 8.28. The van der Waals surface area contributed by atoms with E-state index in [0.717, 1.165) is 37.2 Å². The Hall–Kier alpha value is -3.06. The zero-order valence-electron chi connectivity index (χ0n) is 20.3. The van der Waals surface area contributed by atoms with Crippen LogP contribution in [-0.2, 0) is 29.5 Å². The smallest absolute Gasteiger partial charge is 0.244 e. The first-order chi connectivity index (χ1) is 16.8. The van der Waals surface area contributed by atoms with Gasteiger partial charge in [-0.05, 0) is 57.1 Å². The molecular formula is C26H30FN5O2S. The highest BCUT2D eigenvalue weighted by Gasteiger charge is 2.33. The van der Waals surface area contributed by atoms with Crippen LogP contribution in [0.25, 0.3) is 5.69 Å². The molecule has 1 aliphatic heterocycles. The van der Waals surface area contributed by atoms with E-state index in [1.54, 1.807) is 28.9 Å². The van der Waals surface area contributed by atoms with Crippen molar-refractivity contribution in [2.45, 2.75) is 57.6 Å². The summed E-state index contributed by atoms with van der Waals surface area (Å²) >= 11 is 0. The summed E-state index contributed by atoms with van der Waals surface area (Å²) in [6.07, 6.45) is 1.75. The number of rotatable bonds is 8. The highest BCUT2D eigenvalue weighted by atomic mass is 32.2. The van der Waals surface area contributed by atoms with Crippen LogP contribution >= 0.6 is 0 Å². The number of hydrogen-bond donors (Lipinski definition) is 0. The topological polar surface area (TPSA) is 82.2 Å². The van der Waals surface area contributed by atoms with Gasteiger partial charge in [0.15, 0.2) is 0 Å². The lowest BCUT2D eigenvalue weighted by molar-refractivity contribution is 0.250. The van der Waals surface area contributed by atoms with Crippen LogP contribution < -0.4 is 0 Å². The molecule has 4 rings (SSSR count). The van der Waals surface area contributed by atoms with Crippen LogP contribution in [0.2, 0.25) is 0 Å². The van der Waals surface area contributed by atoms with Gasteiger partial charge in [-0.25, -0.2) is 17.5 Å². The molecule has 0 spiro atoms. The van der Waals surface area contributed by atoms with Crippen LogP contribution in [-0.4, -0.2) is 46.5 Å². The summed E-state index contributed by atoms with van der Waals surface area (Å²) in [5.41, 5.74) is 3.35. The van der Waals surface area contributed by atoms with Gasteiger partial charge in [-0.15, -0.1) is 0 Å². The Morgan fingerprint density at radius 3 is 2.66 bits per heavy atom. The molecule has 1 aromatic heterocycles. The number of aromatic nitrogens is 2. The number of halogens is 1. The third-order valence-electron chi connectivity index (χ3n) is 6.29. The minimum absolute atomic E-state index is 0.0118. The van der Waals surface area contributed by atoms with Crippen molar-refractivity contribution in [1.82, 2.24) is 19.0 Å². The average molecular weight is 496 g/mol. The van der Waals surface area contributed by atoms with Crippen molar-refractivity contribution in [1.29, 1.82) is 5.26 Å². The molecule has 35 heavy (non-hydrogen) atoms. The van der Waals surface area contributed by atoms with Crippen LogP contribution in [0.3, 0.4) is 0 Å². The maximum Gasteiger partial charge on any atom is 0.244 e. The fraction of sp³-hybridized carbons (Fsp3) is 0.385. The van der Waals surface area contributed by atoms with E-state index in [0.29, 0.717) is 17.9 Å². The molecule has 0 unspecified atom stereocenters. The van der Waals surface area contributed by atoms with E-state index in [-0.39, 0.29) is 28.9 Å². The molecule has 3 aromatic rings. The summed E-state index contributed by atoms with van der Waals surface area (Å²) in [5, 5.41) is 14.3. The largest absolute Gasteiger partial charge is 0.299 e. The molecule has 0 amide bonds. The number of nitrogens with zero attached hydrogens (tertiary/aromatic N) is 5. The number of benzene rings is 2. The van der Waals surface area contributed by atoms with E-state index in [1.807, 2.05) is 19.9 Å². The molecule has 7 nitrogen and oxygen atoms in total. The van der Waals surface area contributed by atoms with Gasteiger partial charge in [0.05, 0.1) is 34.1 Å². The molecule has 2 aromatic carbocycles. The van der Waals surface area contributed by atoms with Gasteiger partial charge in [0, 0.05) is 31.1 Å². The first kappa shape index (κ1) is 25.0. The van der Waals surface area contributed by atoms with E-state index in [1.165, 1.54) is 28.6 Å². The van der Waals surface area contributed by atoms with E-state index < -0.39 is 10.0 Å². The van der Waals surface area contributed by atoms with Gasteiger partial charge >= 0.3 is 0 Å². The zero-order valence-corrected chi connectivity index (χ0v) is 21.1. The molecule has 0 aliphatic carbocycles. The molecule has 0 saturated heterocycles. The van der Waals surface area contributed by atoms with Gasteiger partial charge in [-0.3, -0.25) is 4.90 Å². The minimum atomic E-state index is -3.97. The van der Waals surface area contributed by atoms with Crippen molar-refractivity contribution in [3.05, 3.63) is 76.9 Å². The van der Waals surface area contributed by atoms with Gasteiger partial charge in [0.1, 0.15) is 11.9 Å². The Balaban J connectivity index is 1.80. The zero-order chi connectivity index (χ0) is 25.2. The van der Waals surface area contributed by atoms with E-state index in [2.05, 4.69) is 11.8 Å². The van der Waals surface area contributed by atoms with Crippen molar-refractivity contribution in [3.8, 4) is 11.8 Å². The van der Waals surface area contributed by atoms with Gasteiger partial charge in [0.2, 0.25) is 10.0 Å². The normalized spacial score (nSPS) is 14.3. The van der Waals surface area contributed by atoms with Crippen molar-refractivity contribution < 1.29 is 12.8 Å². The summed E-state index contributed by atoms with van der Waals surface area (Å²) in [5.74, 6) is -0.351. The lowest BCUT2D eigenvalue weighted by Crippen LogP contribution is -2.37. The fourth-order valence-electron chi connectivity index (χ4n) is 4.60. The molecule has 0 fully saturated rings. The molecule has 0 radical (unpaired) electrons. The summed E-state index contributed by atoms with van der Waals surface area (Å²) in [4.78, 5) is 2.32. The molecular weight excluding hydrogens is 465 g/mol. The quantitative estimate of drug-likeness (QED) is 0.467. The third-order valence-corrected chi connectivity index (χ3v) is 8.37. The number of nitriles is 1. The standard InChI is InChI=1S/C26H30FN5O2S/c1-4-13-30-14-12-25-23(17-30)24(29-32(25)22-10-7-9-21(27)15-22)18-31(19(2)3)35(33,34)26-11-6-5-8-20(26)16-28/h5-11,15,19H,4,12-14,17-18H2,1-3H3. The predicted molar refractivity (Wildman–Crippen MR) is 132 cm³/mol. The van der Waals surface area contributed by atoms with E-state index >= 15 is 0 Å². The Labute approximate surface area is 206 Å². The van der Waals surface area contributed by atoms with Gasteiger partial charge in [-0.1, -0.05) is 25.1 Å². The van der Waals surface area contributed by atoms with Crippen LogP contribution in [0.1, 0.15) is 49.7 Å². The first-order valence-corrected chi connectivity index (χ1v) is 13.3. The SMILES string of the molecule is CCCN1CCc2c(c(CN(C(C)C)S(=O)(=O)c3ccccc3C#N)nn2-c2cccc(F)c2)C1. The molecule has 1 aliphatic rings. The van der Waals surface area contributed by atoms with Crippen molar-refractivity contribution >= 4 is 10.0 Å². The second-order valence-electron chi connectivity index (χ2n) is 9.04. The molecule has 0 atom stereocenters. The molecule has 2 heterocycles. The molecule has 9 heteroatoms. The Morgan fingerprint density at radius 1 is 1.20 bits per heavy atom. The first-order valence-electron chi connectivity index (χ1n) is 11.8. The van der Waals surface area contributed by atoms with Gasteiger partial charge in [-0.2, -0.15) is 14.7 Å². The van der Waals surface area contributed by atoms with Crippen molar-refractivity contribution in [3.63, 3.8) is 0 Å². The Bertz CT molecular complexity index is 1360.